The molecule has 0 aliphatic rings. The van der Waals surface area contributed by atoms with E-state index in [-0.39, 0.29) is 12.5 Å². The quantitative estimate of drug-likeness (QED) is 0.497. The van der Waals surface area contributed by atoms with Gasteiger partial charge in [-0.05, 0) is 54.1 Å². The number of hydrazone groups is 1. The van der Waals surface area contributed by atoms with E-state index in [1.165, 1.54) is 6.21 Å². The Morgan fingerprint density at radius 3 is 2.44 bits per heavy atom. The van der Waals surface area contributed by atoms with Crippen LogP contribution in [0.2, 0.25) is 0 Å². The molecule has 2 aromatic carbocycles. The number of primary amides is 1. The van der Waals surface area contributed by atoms with E-state index in [1.807, 2.05) is 41.2 Å². The average Bonchev–Trinajstić information content (AvgIpc) is 3.22. The molecule has 7 nitrogen and oxygen atoms in total. The van der Waals surface area contributed by atoms with Crippen LogP contribution in [0.15, 0.2) is 78.2 Å². The fraction of sp³-hybridized carbons (Fsp3) is 0.0500. The molecule has 27 heavy (non-hydrogen) atoms. The summed E-state index contributed by atoms with van der Waals surface area (Å²) in [5.74, 6) is -0.323. The number of ether oxygens (including phenoxy) is 1. The Balaban J connectivity index is 1.63. The first-order chi connectivity index (χ1) is 13.1. The van der Waals surface area contributed by atoms with E-state index < -0.39 is 5.91 Å². The van der Waals surface area contributed by atoms with Gasteiger partial charge in [0.25, 0.3) is 11.8 Å². The van der Waals surface area contributed by atoms with Crippen molar-refractivity contribution in [3.05, 3.63) is 84.2 Å². The Morgan fingerprint density at radius 2 is 1.74 bits per heavy atom. The van der Waals surface area contributed by atoms with Crippen molar-refractivity contribution in [2.24, 2.45) is 10.8 Å². The largest absolute Gasteiger partial charge is 0.484 e. The van der Waals surface area contributed by atoms with Crippen LogP contribution in [0.1, 0.15) is 15.9 Å². The molecular weight excluding hydrogens is 344 g/mol. The number of aromatic nitrogens is 1. The van der Waals surface area contributed by atoms with Crippen molar-refractivity contribution in [1.29, 1.82) is 0 Å². The van der Waals surface area contributed by atoms with Gasteiger partial charge in [0, 0.05) is 12.4 Å². The zero-order valence-electron chi connectivity index (χ0n) is 14.4. The van der Waals surface area contributed by atoms with E-state index >= 15 is 0 Å². The molecule has 0 fully saturated rings. The number of nitrogens with zero attached hydrogens (tertiary/aromatic N) is 2. The zero-order chi connectivity index (χ0) is 19.1. The maximum absolute atomic E-state index is 12.5. The maximum atomic E-state index is 12.5. The van der Waals surface area contributed by atoms with Gasteiger partial charge in [-0.15, -0.1) is 0 Å². The lowest BCUT2D eigenvalue weighted by Crippen LogP contribution is -2.20. The molecule has 0 unspecified atom stereocenters. The summed E-state index contributed by atoms with van der Waals surface area (Å²) >= 11 is 0. The number of rotatable bonds is 7. The highest BCUT2D eigenvalue weighted by Crippen LogP contribution is 2.14. The first-order valence-corrected chi connectivity index (χ1v) is 8.20. The van der Waals surface area contributed by atoms with E-state index in [0.29, 0.717) is 11.3 Å². The normalized spacial score (nSPS) is 10.7. The third-order valence-electron chi connectivity index (χ3n) is 3.67. The van der Waals surface area contributed by atoms with Gasteiger partial charge in [0.05, 0.1) is 17.5 Å². The molecule has 0 saturated carbocycles. The Hall–Kier alpha value is -3.87. The third kappa shape index (κ3) is 4.82. The molecule has 1 heterocycles. The van der Waals surface area contributed by atoms with Crippen LogP contribution < -0.4 is 15.9 Å². The van der Waals surface area contributed by atoms with Crippen LogP contribution in [0, 0.1) is 0 Å². The number of benzene rings is 2. The second kappa shape index (κ2) is 8.48. The van der Waals surface area contributed by atoms with Crippen molar-refractivity contribution < 1.29 is 14.3 Å². The molecule has 2 amide bonds. The van der Waals surface area contributed by atoms with Crippen LogP contribution in [-0.2, 0) is 4.79 Å². The summed E-state index contributed by atoms with van der Waals surface area (Å²) in [6.07, 6.45) is 5.27. The maximum Gasteiger partial charge on any atom is 0.273 e. The van der Waals surface area contributed by atoms with Gasteiger partial charge < -0.3 is 15.0 Å². The Bertz CT molecular complexity index is 948. The molecule has 3 rings (SSSR count). The molecule has 0 aliphatic carbocycles. The van der Waals surface area contributed by atoms with Crippen molar-refractivity contribution in [2.75, 3.05) is 6.61 Å². The first-order valence-electron chi connectivity index (χ1n) is 8.20. The minimum absolute atomic E-state index is 0.176. The van der Waals surface area contributed by atoms with Crippen LogP contribution in [0.25, 0.3) is 5.69 Å². The minimum Gasteiger partial charge on any atom is -0.484 e. The van der Waals surface area contributed by atoms with Crippen molar-refractivity contribution in [3.8, 4) is 11.4 Å². The fourth-order valence-corrected chi connectivity index (χ4v) is 2.42. The smallest absolute Gasteiger partial charge is 0.273 e. The summed E-state index contributed by atoms with van der Waals surface area (Å²) in [5.41, 5.74) is 9.60. The number of nitrogens with one attached hydrogen (secondary N) is 1. The lowest BCUT2D eigenvalue weighted by Gasteiger charge is -2.09. The molecule has 0 radical (unpaired) electrons. The van der Waals surface area contributed by atoms with Crippen LogP contribution in [0.4, 0.5) is 0 Å². The van der Waals surface area contributed by atoms with Gasteiger partial charge in [-0.3, -0.25) is 9.59 Å². The first kappa shape index (κ1) is 17.9. The zero-order valence-corrected chi connectivity index (χ0v) is 14.4. The SMILES string of the molecule is NC(=O)COc1ccc(/C=N\NC(=O)c2ccccc2-n2cccc2)cc1. The van der Waals surface area contributed by atoms with Gasteiger partial charge in [-0.2, -0.15) is 5.10 Å². The van der Waals surface area contributed by atoms with Gasteiger partial charge in [0.2, 0.25) is 0 Å². The van der Waals surface area contributed by atoms with Crippen molar-refractivity contribution in [1.82, 2.24) is 9.99 Å². The fourth-order valence-electron chi connectivity index (χ4n) is 2.42. The number of nitrogens with two attached hydrogens (primary N) is 1. The third-order valence-corrected chi connectivity index (χ3v) is 3.67. The number of para-hydroxylation sites is 1. The van der Waals surface area contributed by atoms with Gasteiger partial charge >= 0.3 is 0 Å². The monoisotopic (exact) mass is 362 g/mol. The molecule has 0 saturated heterocycles. The second-order valence-electron chi connectivity index (χ2n) is 5.63. The molecule has 7 heteroatoms. The summed E-state index contributed by atoms with van der Waals surface area (Å²) in [5, 5.41) is 4.00. The second-order valence-corrected chi connectivity index (χ2v) is 5.63. The summed E-state index contributed by atoms with van der Waals surface area (Å²) < 4.78 is 7.04. The lowest BCUT2D eigenvalue weighted by molar-refractivity contribution is -0.119. The van der Waals surface area contributed by atoms with Crippen LogP contribution >= 0.6 is 0 Å². The summed E-state index contributed by atoms with van der Waals surface area (Å²) in [6.45, 7) is -0.176. The highest BCUT2D eigenvalue weighted by Gasteiger charge is 2.10. The van der Waals surface area contributed by atoms with Gasteiger partial charge in [0.1, 0.15) is 5.75 Å². The highest BCUT2D eigenvalue weighted by atomic mass is 16.5. The van der Waals surface area contributed by atoms with Crippen molar-refractivity contribution in [2.45, 2.75) is 0 Å². The highest BCUT2D eigenvalue weighted by molar-refractivity contribution is 5.98. The topological polar surface area (TPSA) is 98.7 Å². The van der Waals surface area contributed by atoms with Gasteiger partial charge in [-0.1, -0.05) is 12.1 Å². The Kier molecular flexibility index (Phi) is 5.64. The standard InChI is InChI=1S/C20H18N4O3/c21-19(25)14-27-16-9-7-15(8-10-16)13-22-23-20(26)17-5-1-2-6-18(17)24-11-3-4-12-24/h1-13H,14H2,(H2,21,25)(H,23,26)/b22-13-. The lowest BCUT2D eigenvalue weighted by atomic mass is 10.1. The number of carbonyl (C=O) groups is 2. The molecule has 0 atom stereocenters. The minimum atomic E-state index is -0.538. The molecule has 0 aliphatic heterocycles. The Morgan fingerprint density at radius 1 is 1.04 bits per heavy atom. The van der Waals surface area contributed by atoms with Crippen LogP contribution in [0.3, 0.4) is 0 Å². The van der Waals surface area contributed by atoms with Crippen molar-refractivity contribution in [3.63, 3.8) is 0 Å². The van der Waals surface area contributed by atoms with Crippen LogP contribution in [-0.4, -0.2) is 29.2 Å². The van der Waals surface area contributed by atoms with Gasteiger partial charge in [0.15, 0.2) is 6.61 Å². The van der Waals surface area contributed by atoms with E-state index in [1.54, 1.807) is 36.4 Å². The number of hydrogen-bond acceptors (Lipinski definition) is 4. The number of hydrogen-bond donors (Lipinski definition) is 2. The summed E-state index contributed by atoms with van der Waals surface area (Å²) in [7, 11) is 0. The predicted molar refractivity (Wildman–Crippen MR) is 102 cm³/mol. The molecule has 0 bridgehead atoms. The predicted octanol–water partition coefficient (Wildman–Crippen LogP) is 2.11. The Labute approximate surface area is 156 Å². The summed E-state index contributed by atoms with van der Waals surface area (Å²) in [4.78, 5) is 23.1. The molecule has 3 N–H and O–H groups in total. The molecule has 1 aromatic heterocycles. The molecule has 3 aromatic rings. The number of carbonyl (C=O) groups excluding carboxylic acids is 2. The van der Waals surface area contributed by atoms with E-state index in [0.717, 1.165) is 11.3 Å². The van der Waals surface area contributed by atoms with Crippen molar-refractivity contribution >= 4 is 18.0 Å². The average molecular weight is 362 g/mol. The number of amides is 2. The summed E-state index contributed by atoms with van der Waals surface area (Å²) in [6, 6.07) is 17.9. The molecule has 0 spiro atoms. The van der Waals surface area contributed by atoms with Crippen LogP contribution in [0.5, 0.6) is 5.75 Å². The van der Waals surface area contributed by atoms with E-state index in [4.69, 9.17) is 10.5 Å². The molecular formula is C20H18N4O3. The van der Waals surface area contributed by atoms with E-state index in [2.05, 4.69) is 10.5 Å². The van der Waals surface area contributed by atoms with E-state index in [9.17, 15) is 9.59 Å². The van der Waals surface area contributed by atoms with Gasteiger partial charge in [-0.25, -0.2) is 5.43 Å². The molecule has 136 valence electrons.